The summed E-state index contributed by atoms with van der Waals surface area (Å²) < 4.78 is 35.3. The second kappa shape index (κ2) is 5.45. The first-order valence-electron chi connectivity index (χ1n) is 8.15. The summed E-state index contributed by atoms with van der Waals surface area (Å²) in [4.78, 5) is 4.59. The van der Waals surface area contributed by atoms with Gasteiger partial charge in [-0.25, -0.2) is 8.37 Å². The van der Waals surface area contributed by atoms with Crippen LogP contribution in [0.15, 0.2) is 0 Å². The van der Waals surface area contributed by atoms with Crippen molar-refractivity contribution in [1.82, 2.24) is 9.80 Å². The Hall–Kier alpha value is -0.210. The van der Waals surface area contributed by atoms with Crippen LogP contribution in [-0.2, 0) is 18.8 Å². The van der Waals surface area contributed by atoms with E-state index >= 15 is 0 Å². The molecule has 21 heavy (non-hydrogen) atoms. The highest BCUT2D eigenvalue weighted by molar-refractivity contribution is 7.81. The zero-order chi connectivity index (χ0) is 14.4. The van der Waals surface area contributed by atoms with Crippen LogP contribution < -0.4 is 0 Å². The summed E-state index contributed by atoms with van der Waals surface area (Å²) in [5.41, 5.74) is 0. The molecule has 4 fully saturated rings. The monoisotopic (exact) mass is 316 g/mol. The van der Waals surface area contributed by atoms with Crippen molar-refractivity contribution in [2.45, 2.75) is 37.9 Å². The molecule has 0 aromatic heterocycles. The molecule has 4 rings (SSSR count). The molecule has 0 aliphatic carbocycles. The normalized spacial score (nSPS) is 45.9. The van der Waals surface area contributed by atoms with Crippen molar-refractivity contribution in [3.63, 3.8) is 0 Å². The summed E-state index contributed by atoms with van der Waals surface area (Å²) in [6.45, 7) is 5.54. The van der Waals surface area contributed by atoms with Gasteiger partial charge >= 0.3 is 10.4 Å². The van der Waals surface area contributed by atoms with Crippen LogP contribution in [0.4, 0.5) is 0 Å². The topological polar surface area (TPSA) is 59.1 Å². The molecule has 6 atom stereocenters. The summed E-state index contributed by atoms with van der Waals surface area (Å²) in [6.07, 6.45) is 4.00. The average molecular weight is 316 g/mol. The van der Waals surface area contributed by atoms with Crippen LogP contribution in [0.2, 0.25) is 0 Å². The first-order valence-corrected chi connectivity index (χ1v) is 9.48. The van der Waals surface area contributed by atoms with Gasteiger partial charge in [0.05, 0.1) is 12.2 Å². The smallest absolute Gasteiger partial charge is 0.300 e. The highest BCUT2D eigenvalue weighted by Gasteiger charge is 2.42. The molecule has 0 spiro atoms. The Morgan fingerprint density at radius 3 is 1.67 bits per heavy atom. The molecule has 4 bridgehead atoms. The summed E-state index contributed by atoms with van der Waals surface area (Å²) in [7, 11) is -3.88. The van der Waals surface area contributed by atoms with Crippen LogP contribution in [0.1, 0.15) is 25.7 Å². The van der Waals surface area contributed by atoms with Gasteiger partial charge in [0, 0.05) is 38.0 Å². The molecule has 6 unspecified atom stereocenters. The van der Waals surface area contributed by atoms with Crippen LogP contribution in [0.3, 0.4) is 0 Å². The second-order valence-corrected chi connectivity index (χ2v) is 8.20. The van der Waals surface area contributed by atoms with Crippen molar-refractivity contribution < 1.29 is 16.8 Å². The van der Waals surface area contributed by atoms with Crippen LogP contribution in [0.5, 0.6) is 0 Å². The van der Waals surface area contributed by atoms with Gasteiger partial charge < -0.3 is 9.80 Å². The highest BCUT2D eigenvalue weighted by atomic mass is 32.3. The molecule has 4 heterocycles. The number of fused-ring (bicyclic) bond motifs is 4. The lowest BCUT2D eigenvalue weighted by atomic mass is 9.99. The molecular formula is C14H24N2O4S. The van der Waals surface area contributed by atoms with E-state index in [1.807, 2.05) is 0 Å². The Kier molecular flexibility index (Phi) is 3.74. The van der Waals surface area contributed by atoms with E-state index in [0.29, 0.717) is 11.8 Å². The van der Waals surface area contributed by atoms with E-state index < -0.39 is 10.4 Å². The maximum atomic E-state index is 12.2. The fraction of sp³-hybridized carbons (Fsp3) is 1.00. The van der Waals surface area contributed by atoms with Gasteiger partial charge in [-0.2, -0.15) is 8.42 Å². The number of nitrogens with zero attached hydrogens (tertiary/aromatic N) is 2. The van der Waals surface area contributed by atoms with Crippen LogP contribution in [0, 0.1) is 11.8 Å². The lowest BCUT2D eigenvalue weighted by Crippen LogP contribution is -2.31. The highest BCUT2D eigenvalue weighted by Crippen LogP contribution is 2.33. The molecule has 4 aliphatic heterocycles. The Bertz CT molecular complexity index is 459. The van der Waals surface area contributed by atoms with Crippen molar-refractivity contribution in [2.24, 2.45) is 11.8 Å². The fourth-order valence-corrected chi connectivity index (χ4v) is 5.56. The minimum absolute atomic E-state index is 0.210. The summed E-state index contributed by atoms with van der Waals surface area (Å²) in [6, 6.07) is 0. The van der Waals surface area contributed by atoms with E-state index in [1.54, 1.807) is 0 Å². The van der Waals surface area contributed by atoms with Gasteiger partial charge in [-0.15, -0.1) is 0 Å². The Morgan fingerprint density at radius 1 is 0.762 bits per heavy atom. The molecule has 4 saturated heterocycles. The van der Waals surface area contributed by atoms with Gasteiger partial charge in [-0.05, 0) is 38.8 Å². The van der Waals surface area contributed by atoms with Gasteiger partial charge in [0.15, 0.2) is 0 Å². The molecule has 0 radical (unpaired) electrons. The second-order valence-electron chi connectivity index (χ2n) is 7.00. The molecule has 7 heteroatoms. The van der Waals surface area contributed by atoms with Crippen LogP contribution >= 0.6 is 0 Å². The molecule has 0 aromatic carbocycles. The predicted octanol–water partition coefficient (Wildman–Crippen LogP) is 0.453. The summed E-state index contributed by atoms with van der Waals surface area (Å²) >= 11 is 0. The van der Waals surface area contributed by atoms with E-state index in [1.165, 1.54) is 0 Å². The number of hydrogen-bond acceptors (Lipinski definition) is 6. The Labute approximate surface area is 126 Å². The third-order valence-corrected chi connectivity index (χ3v) is 6.46. The zero-order valence-corrected chi connectivity index (χ0v) is 13.1. The quantitative estimate of drug-likeness (QED) is 0.751. The van der Waals surface area contributed by atoms with Gasteiger partial charge in [0.2, 0.25) is 0 Å². The Balaban J connectivity index is 1.38. The van der Waals surface area contributed by atoms with Crippen LogP contribution in [-0.4, -0.2) is 69.7 Å². The van der Waals surface area contributed by atoms with E-state index in [2.05, 4.69) is 9.80 Å². The Morgan fingerprint density at radius 2 is 1.24 bits per heavy atom. The molecule has 0 amide bonds. The molecule has 120 valence electrons. The molecule has 0 N–H and O–H groups in total. The summed E-state index contributed by atoms with van der Waals surface area (Å²) in [5.74, 6) is 0.701. The third kappa shape index (κ3) is 2.99. The average Bonchev–Trinajstić information content (AvgIpc) is 2.86. The van der Waals surface area contributed by atoms with Gasteiger partial charge in [-0.1, -0.05) is 0 Å². The largest absolute Gasteiger partial charge is 0.400 e. The van der Waals surface area contributed by atoms with Crippen molar-refractivity contribution in [3.05, 3.63) is 0 Å². The van der Waals surface area contributed by atoms with E-state index in [-0.39, 0.29) is 12.2 Å². The molecule has 4 aliphatic rings. The van der Waals surface area contributed by atoms with Crippen molar-refractivity contribution in [1.29, 1.82) is 0 Å². The first-order chi connectivity index (χ1) is 10.1. The summed E-state index contributed by atoms with van der Waals surface area (Å²) in [5, 5.41) is 0. The van der Waals surface area contributed by atoms with E-state index in [9.17, 15) is 8.42 Å². The zero-order valence-electron chi connectivity index (χ0n) is 12.3. The van der Waals surface area contributed by atoms with Crippen molar-refractivity contribution in [3.8, 4) is 0 Å². The standard InChI is InChI=1S/C14H24N2O4S/c17-21(18,19-13-9-15-5-1-3-11(13)7-15)20-14-10-16-6-2-4-12(14)8-16/h11-14H,1-10H2. The van der Waals surface area contributed by atoms with Crippen molar-refractivity contribution in [2.75, 3.05) is 39.3 Å². The van der Waals surface area contributed by atoms with E-state index in [0.717, 1.165) is 65.0 Å². The van der Waals surface area contributed by atoms with Gasteiger partial charge in [0.25, 0.3) is 0 Å². The lowest BCUT2D eigenvalue weighted by molar-refractivity contribution is 0.0987. The number of hydrogen-bond donors (Lipinski definition) is 0. The lowest BCUT2D eigenvalue weighted by Gasteiger charge is -2.23. The van der Waals surface area contributed by atoms with Crippen LogP contribution in [0.25, 0.3) is 0 Å². The predicted molar refractivity (Wildman–Crippen MR) is 77.0 cm³/mol. The number of rotatable bonds is 4. The van der Waals surface area contributed by atoms with Crippen molar-refractivity contribution >= 4 is 10.4 Å². The fourth-order valence-electron chi connectivity index (χ4n) is 4.47. The number of piperidine rings is 2. The van der Waals surface area contributed by atoms with Gasteiger partial charge in [-0.3, -0.25) is 0 Å². The minimum atomic E-state index is -3.88. The molecule has 0 saturated carbocycles. The third-order valence-electron chi connectivity index (χ3n) is 5.49. The maximum Gasteiger partial charge on any atom is 0.400 e. The first kappa shape index (κ1) is 14.4. The molecule has 0 aromatic rings. The molecular weight excluding hydrogens is 292 g/mol. The van der Waals surface area contributed by atoms with Gasteiger partial charge in [0.1, 0.15) is 0 Å². The van der Waals surface area contributed by atoms with E-state index in [4.69, 9.17) is 8.37 Å². The SMILES string of the molecule is O=S(=O)(OC1CN2CCCC1C2)OC1CN2CCCC1C2. The maximum absolute atomic E-state index is 12.2. The minimum Gasteiger partial charge on any atom is -0.300 e. The molecule has 6 nitrogen and oxygen atoms in total.